The number of alkyl halides is 9. The molecule has 0 fully saturated rings. The Morgan fingerprint density at radius 2 is 0.615 bits per heavy atom. The fourth-order valence-electron chi connectivity index (χ4n) is 4.40. The van der Waals surface area contributed by atoms with Crippen LogP contribution in [0.25, 0.3) is 33.4 Å². The van der Waals surface area contributed by atoms with E-state index in [-0.39, 0.29) is 0 Å². The molecular formula is C27H12Cl3F9. The van der Waals surface area contributed by atoms with Gasteiger partial charge in [-0.3, -0.25) is 0 Å². The van der Waals surface area contributed by atoms with Gasteiger partial charge in [0.1, 0.15) is 0 Å². The molecule has 12 heteroatoms. The van der Waals surface area contributed by atoms with Crippen LogP contribution in [0.2, 0.25) is 15.1 Å². The van der Waals surface area contributed by atoms with E-state index in [0.29, 0.717) is 0 Å². The van der Waals surface area contributed by atoms with E-state index in [1.807, 2.05) is 0 Å². The maximum Gasteiger partial charge on any atom is 0.417 e. The maximum absolute atomic E-state index is 15.0. The summed E-state index contributed by atoms with van der Waals surface area (Å²) in [4.78, 5) is 0. The zero-order valence-electron chi connectivity index (χ0n) is 19.0. The molecule has 0 heterocycles. The zero-order valence-corrected chi connectivity index (χ0v) is 21.2. The average molecular weight is 614 g/mol. The Labute approximate surface area is 230 Å². The van der Waals surface area contributed by atoms with Crippen molar-refractivity contribution in [2.45, 2.75) is 18.5 Å². The molecule has 4 aromatic rings. The van der Waals surface area contributed by atoms with Crippen LogP contribution in [0.1, 0.15) is 16.7 Å². The predicted octanol–water partition coefficient (Wildman–Crippen LogP) is 11.7. The van der Waals surface area contributed by atoms with E-state index in [0.717, 1.165) is 48.5 Å². The summed E-state index contributed by atoms with van der Waals surface area (Å²) in [7, 11) is 0. The van der Waals surface area contributed by atoms with E-state index in [1.165, 1.54) is 24.3 Å². The molecule has 0 saturated heterocycles. The monoisotopic (exact) mass is 612 g/mol. The minimum absolute atomic E-state index is 0.436. The second-order valence-electron chi connectivity index (χ2n) is 8.18. The van der Waals surface area contributed by atoms with Gasteiger partial charge in [0.05, 0.1) is 16.7 Å². The smallest absolute Gasteiger partial charge is 0.166 e. The summed E-state index contributed by atoms with van der Waals surface area (Å²) in [5.41, 5.74) is -13.5. The molecule has 4 rings (SSSR count). The number of hydrogen-bond acceptors (Lipinski definition) is 0. The molecule has 0 amide bonds. The van der Waals surface area contributed by atoms with E-state index in [2.05, 4.69) is 0 Å². The third-order valence-corrected chi connectivity index (χ3v) is 6.77. The Hall–Kier alpha value is -2.88. The quantitative estimate of drug-likeness (QED) is 0.202. The minimum Gasteiger partial charge on any atom is -0.166 e. The lowest BCUT2D eigenvalue weighted by Gasteiger charge is -2.30. The van der Waals surface area contributed by atoms with E-state index in [1.54, 1.807) is 0 Å². The average Bonchev–Trinajstić information content (AvgIpc) is 2.82. The minimum atomic E-state index is -5.92. The first-order valence-electron chi connectivity index (χ1n) is 10.7. The topological polar surface area (TPSA) is 0 Å². The summed E-state index contributed by atoms with van der Waals surface area (Å²) >= 11 is 18.3. The van der Waals surface area contributed by atoms with Gasteiger partial charge in [0.2, 0.25) is 0 Å². The van der Waals surface area contributed by atoms with Crippen LogP contribution in [-0.4, -0.2) is 0 Å². The zero-order chi connectivity index (χ0) is 28.9. The van der Waals surface area contributed by atoms with Crippen LogP contribution < -0.4 is 0 Å². The van der Waals surface area contributed by atoms with Crippen molar-refractivity contribution in [1.29, 1.82) is 0 Å². The van der Waals surface area contributed by atoms with Gasteiger partial charge in [-0.1, -0.05) is 89.4 Å². The summed E-state index contributed by atoms with van der Waals surface area (Å²) in [6, 6.07) is 13.0. The molecule has 0 bridgehead atoms. The van der Waals surface area contributed by atoms with Crippen molar-refractivity contribution >= 4 is 34.8 Å². The summed E-state index contributed by atoms with van der Waals surface area (Å²) in [6.07, 6.45) is -17.4. The van der Waals surface area contributed by atoms with Crippen LogP contribution in [0.3, 0.4) is 0 Å². The van der Waals surface area contributed by atoms with Gasteiger partial charge in [-0.25, -0.2) is 0 Å². The first kappa shape index (κ1) is 29.1. The van der Waals surface area contributed by atoms with Crippen LogP contribution in [0.15, 0.2) is 72.8 Å². The highest BCUT2D eigenvalue weighted by atomic mass is 35.5. The predicted molar refractivity (Wildman–Crippen MR) is 133 cm³/mol. The molecule has 204 valence electrons. The van der Waals surface area contributed by atoms with Gasteiger partial charge in [0, 0.05) is 48.4 Å². The van der Waals surface area contributed by atoms with Crippen molar-refractivity contribution in [3.8, 4) is 33.4 Å². The van der Waals surface area contributed by atoms with Gasteiger partial charge < -0.3 is 0 Å². The second-order valence-corrected chi connectivity index (χ2v) is 9.40. The van der Waals surface area contributed by atoms with Crippen LogP contribution in [-0.2, 0) is 18.5 Å². The molecule has 39 heavy (non-hydrogen) atoms. The fourth-order valence-corrected chi connectivity index (χ4v) is 5.09. The molecule has 0 radical (unpaired) electrons. The number of rotatable bonds is 3. The summed E-state index contributed by atoms with van der Waals surface area (Å²) < 4.78 is 133. The Bertz CT molecular complexity index is 1550. The van der Waals surface area contributed by atoms with E-state index in [4.69, 9.17) is 34.8 Å². The lowest BCUT2D eigenvalue weighted by atomic mass is 9.78. The highest BCUT2D eigenvalue weighted by molar-refractivity contribution is 6.35. The molecule has 4 aromatic carbocycles. The van der Waals surface area contributed by atoms with Crippen LogP contribution in [0, 0.1) is 0 Å². The Morgan fingerprint density at radius 3 is 0.923 bits per heavy atom. The SMILES string of the molecule is FC(F)(F)c1c(-c2ccccc2Cl)c(-c2ccccc2Cl)c(C(F)(F)F)c(C(F)(F)F)c1-c1ccccc1Cl. The third kappa shape index (κ3) is 5.44. The second kappa shape index (κ2) is 10.3. The van der Waals surface area contributed by atoms with Crippen molar-refractivity contribution in [2.24, 2.45) is 0 Å². The molecule has 0 N–H and O–H groups in total. The van der Waals surface area contributed by atoms with E-state index >= 15 is 0 Å². The molecule has 0 aliphatic rings. The summed E-state index contributed by atoms with van der Waals surface area (Å²) in [6.45, 7) is 0. The molecular weight excluding hydrogens is 602 g/mol. The molecule has 0 nitrogen and oxygen atoms in total. The first-order valence-corrected chi connectivity index (χ1v) is 11.9. The molecule has 0 aliphatic heterocycles. The standard InChI is InChI=1S/C27H12Cl3F9/c28-16-10-4-1-7-13(16)19-20(14-8-2-5-11-17(14)29)23(26(34,35)36)24(27(37,38)39)21(22(19)25(31,32)33)15-9-3-6-12-18(15)30/h1-12H. The first-order chi connectivity index (χ1) is 18.0. The molecule has 0 aliphatic carbocycles. The lowest BCUT2D eigenvalue weighted by Crippen LogP contribution is -2.24. The van der Waals surface area contributed by atoms with E-state index in [9.17, 15) is 39.5 Å². The molecule has 0 atom stereocenters. The van der Waals surface area contributed by atoms with Gasteiger partial charge in [-0.15, -0.1) is 0 Å². The maximum atomic E-state index is 15.0. The molecule has 0 aromatic heterocycles. The van der Waals surface area contributed by atoms with Crippen molar-refractivity contribution in [2.75, 3.05) is 0 Å². The fraction of sp³-hybridized carbons (Fsp3) is 0.111. The summed E-state index contributed by atoms with van der Waals surface area (Å²) in [5, 5.41) is -1.57. The Balaban J connectivity index is 2.52. The van der Waals surface area contributed by atoms with Crippen molar-refractivity contribution in [1.82, 2.24) is 0 Å². The number of hydrogen-bond donors (Lipinski definition) is 0. The summed E-state index contributed by atoms with van der Waals surface area (Å²) in [5.74, 6) is 0. The van der Waals surface area contributed by atoms with Crippen molar-refractivity contribution in [3.63, 3.8) is 0 Å². The van der Waals surface area contributed by atoms with Crippen LogP contribution >= 0.6 is 34.8 Å². The van der Waals surface area contributed by atoms with Gasteiger partial charge >= 0.3 is 18.5 Å². The lowest BCUT2D eigenvalue weighted by molar-refractivity contribution is -0.162. The van der Waals surface area contributed by atoms with Gasteiger partial charge in [0.25, 0.3) is 0 Å². The van der Waals surface area contributed by atoms with Gasteiger partial charge in [-0.05, 0) is 18.2 Å². The van der Waals surface area contributed by atoms with Crippen molar-refractivity contribution < 1.29 is 39.5 Å². The molecule has 0 spiro atoms. The Morgan fingerprint density at radius 1 is 0.359 bits per heavy atom. The molecule has 0 saturated carbocycles. The van der Waals surface area contributed by atoms with Gasteiger partial charge in [-0.2, -0.15) is 39.5 Å². The third-order valence-electron chi connectivity index (χ3n) is 5.78. The number of halogens is 12. The number of benzene rings is 4. The van der Waals surface area contributed by atoms with Crippen molar-refractivity contribution in [3.05, 3.63) is 105 Å². The largest absolute Gasteiger partial charge is 0.417 e. The molecule has 0 unspecified atom stereocenters. The van der Waals surface area contributed by atoms with Crippen LogP contribution in [0.5, 0.6) is 0 Å². The normalized spacial score (nSPS) is 12.6. The Kier molecular flexibility index (Phi) is 7.66. The van der Waals surface area contributed by atoms with Gasteiger partial charge in [0.15, 0.2) is 0 Å². The van der Waals surface area contributed by atoms with Crippen LogP contribution in [0.4, 0.5) is 39.5 Å². The highest BCUT2D eigenvalue weighted by Crippen LogP contribution is 2.59. The highest BCUT2D eigenvalue weighted by Gasteiger charge is 2.53. The van der Waals surface area contributed by atoms with E-state index < -0.39 is 83.7 Å².